The summed E-state index contributed by atoms with van der Waals surface area (Å²) in [7, 11) is 1.63. The summed E-state index contributed by atoms with van der Waals surface area (Å²) >= 11 is 3.39. The van der Waals surface area contributed by atoms with E-state index in [1.54, 1.807) is 31.4 Å². The van der Waals surface area contributed by atoms with E-state index in [0.29, 0.717) is 12.2 Å². The SMILES string of the molecule is COc1ccc(C=CC(=O)c2ccc(OCCCCBr)cc2)cc1. The molecule has 0 radical (unpaired) electrons. The number of carbonyl (C=O) groups excluding carboxylic acids is 1. The molecular weight excluding hydrogens is 368 g/mol. The van der Waals surface area contributed by atoms with E-state index in [1.165, 1.54) is 0 Å². The van der Waals surface area contributed by atoms with Gasteiger partial charge < -0.3 is 9.47 Å². The zero-order chi connectivity index (χ0) is 17.2. The molecule has 0 bridgehead atoms. The summed E-state index contributed by atoms with van der Waals surface area (Å²) in [5, 5.41) is 0.990. The maximum absolute atomic E-state index is 12.2. The van der Waals surface area contributed by atoms with Crippen molar-refractivity contribution in [3.05, 3.63) is 65.7 Å². The molecular formula is C20H21BrO3. The first kappa shape index (κ1) is 18.3. The average Bonchev–Trinajstić information content (AvgIpc) is 2.64. The number of unbranched alkanes of at least 4 members (excludes halogenated alkanes) is 1. The Hall–Kier alpha value is -2.07. The van der Waals surface area contributed by atoms with Gasteiger partial charge in [0.1, 0.15) is 11.5 Å². The second-order valence-electron chi connectivity index (χ2n) is 5.24. The van der Waals surface area contributed by atoms with E-state index >= 15 is 0 Å². The molecule has 0 fully saturated rings. The van der Waals surface area contributed by atoms with Gasteiger partial charge in [-0.3, -0.25) is 4.79 Å². The summed E-state index contributed by atoms with van der Waals surface area (Å²) in [5.41, 5.74) is 1.60. The van der Waals surface area contributed by atoms with Crippen LogP contribution in [-0.4, -0.2) is 24.8 Å². The highest BCUT2D eigenvalue weighted by Crippen LogP contribution is 2.15. The van der Waals surface area contributed by atoms with Crippen molar-refractivity contribution in [3.8, 4) is 11.5 Å². The first-order valence-electron chi connectivity index (χ1n) is 7.88. The number of hydrogen-bond acceptors (Lipinski definition) is 3. The lowest BCUT2D eigenvalue weighted by Gasteiger charge is -2.05. The predicted molar refractivity (Wildman–Crippen MR) is 101 cm³/mol. The molecule has 0 N–H and O–H groups in total. The largest absolute Gasteiger partial charge is 0.497 e. The van der Waals surface area contributed by atoms with E-state index in [0.717, 1.165) is 35.2 Å². The molecule has 0 aliphatic heterocycles. The Morgan fingerprint density at radius 1 is 1.00 bits per heavy atom. The van der Waals surface area contributed by atoms with Crippen LogP contribution in [0.4, 0.5) is 0 Å². The smallest absolute Gasteiger partial charge is 0.185 e. The van der Waals surface area contributed by atoms with Crippen LogP contribution in [0.25, 0.3) is 6.08 Å². The second kappa shape index (κ2) is 9.93. The molecule has 2 aromatic carbocycles. The minimum absolute atomic E-state index is 0.0309. The van der Waals surface area contributed by atoms with Crippen molar-refractivity contribution in [2.24, 2.45) is 0 Å². The van der Waals surface area contributed by atoms with Crippen LogP contribution in [0.3, 0.4) is 0 Å². The number of carbonyl (C=O) groups is 1. The third-order valence-electron chi connectivity index (χ3n) is 3.48. The van der Waals surface area contributed by atoms with Crippen molar-refractivity contribution in [2.45, 2.75) is 12.8 Å². The van der Waals surface area contributed by atoms with Crippen molar-refractivity contribution in [1.82, 2.24) is 0 Å². The second-order valence-corrected chi connectivity index (χ2v) is 6.03. The fourth-order valence-corrected chi connectivity index (χ4v) is 2.48. The van der Waals surface area contributed by atoms with Crippen LogP contribution in [0.15, 0.2) is 54.6 Å². The lowest BCUT2D eigenvalue weighted by Crippen LogP contribution is -1.99. The molecule has 0 aromatic heterocycles. The van der Waals surface area contributed by atoms with Crippen molar-refractivity contribution in [3.63, 3.8) is 0 Å². The number of ether oxygens (including phenoxy) is 2. The van der Waals surface area contributed by atoms with Crippen molar-refractivity contribution < 1.29 is 14.3 Å². The van der Waals surface area contributed by atoms with Crippen molar-refractivity contribution in [1.29, 1.82) is 0 Å². The summed E-state index contributed by atoms with van der Waals surface area (Å²) in [6.45, 7) is 0.691. The van der Waals surface area contributed by atoms with E-state index < -0.39 is 0 Å². The molecule has 24 heavy (non-hydrogen) atoms. The Morgan fingerprint density at radius 3 is 2.29 bits per heavy atom. The summed E-state index contributed by atoms with van der Waals surface area (Å²) in [5.74, 6) is 1.56. The average molecular weight is 389 g/mol. The van der Waals surface area contributed by atoms with Gasteiger partial charge in [0, 0.05) is 10.9 Å². The van der Waals surface area contributed by atoms with E-state index in [2.05, 4.69) is 15.9 Å². The summed E-state index contributed by atoms with van der Waals surface area (Å²) in [6, 6.07) is 14.8. The van der Waals surface area contributed by atoms with Gasteiger partial charge in [0.25, 0.3) is 0 Å². The standard InChI is InChI=1S/C20H21BrO3/c1-23-18-9-4-16(5-10-18)6-13-20(22)17-7-11-19(12-8-17)24-15-3-2-14-21/h4-13H,2-3,14-15H2,1H3. The monoisotopic (exact) mass is 388 g/mol. The number of alkyl halides is 1. The van der Waals surface area contributed by atoms with Crippen molar-refractivity contribution in [2.75, 3.05) is 19.0 Å². The molecule has 0 saturated carbocycles. The van der Waals surface area contributed by atoms with Crippen LogP contribution in [0.2, 0.25) is 0 Å². The molecule has 0 amide bonds. The molecule has 2 rings (SSSR count). The minimum Gasteiger partial charge on any atom is -0.497 e. The highest BCUT2D eigenvalue weighted by Gasteiger charge is 2.02. The third-order valence-corrected chi connectivity index (χ3v) is 4.04. The Bertz CT molecular complexity index is 660. The molecule has 126 valence electrons. The molecule has 0 saturated heterocycles. The van der Waals surface area contributed by atoms with Gasteiger partial charge in [-0.2, -0.15) is 0 Å². The van der Waals surface area contributed by atoms with Gasteiger partial charge in [0.05, 0.1) is 13.7 Å². The first-order valence-corrected chi connectivity index (χ1v) is 9.00. The molecule has 3 nitrogen and oxygen atoms in total. The normalized spacial score (nSPS) is 10.8. The molecule has 0 heterocycles. The van der Waals surface area contributed by atoms with E-state index in [-0.39, 0.29) is 5.78 Å². The lowest BCUT2D eigenvalue weighted by atomic mass is 10.1. The Morgan fingerprint density at radius 2 is 1.67 bits per heavy atom. The van der Waals surface area contributed by atoms with Gasteiger partial charge in [0.2, 0.25) is 0 Å². The fourth-order valence-electron chi connectivity index (χ4n) is 2.09. The molecule has 0 atom stereocenters. The van der Waals surface area contributed by atoms with Crippen LogP contribution >= 0.6 is 15.9 Å². The van der Waals surface area contributed by atoms with Gasteiger partial charge in [0.15, 0.2) is 5.78 Å². The number of halogens is 1. The molecule has 0 aliphatic carbocycles. The third kappa shape index (κ3) is 5.85. The molecule has 0 unspecified atom stereocenters. The van der Waals surface area contributed by atoms with Gasteiger partial charge in [-0.1, -0.05) is 34.1 Å². The molecule has 4 heteroatoms. The van der Waals surface area contributed by atoms with Gasteiger partial charge in [-0.15, -0.1) is 0 Å². The maximum Gasteiger partial charge on any atom is 0.185 e. The number of hydrogen-bond donors (Lipinski definition) is 0. The van der Waals surface area contributed by atoms with Crippen LogP contribution < -0.4 is 9.47 Å². The molecule has 0 aliphatic rings. The van der Waals surface area contributed by atoms with Gasteiger partial charge in [-0.05, 0) is 60.9 Å². The Kier molecular flexibility index (Phi) is 7.56. The zero-order valence-electron chi connectivity index (χ0n) is 13.7. The molecule has 2 aromatic rings. The Labute approximate surface area is 151 Å². The zero-order valence-corrected chi connectivity index (χ0v) is 15.3. The fraction of sp³-hybridized carbons (Fsp3) is 0.250. The van der Waals surface area contributed by atoms with E-state index in [9.17, 15) is 4.79 Å². The van der Waals surface area contributed by atoms with Crippen LogP contribution in [-0.2, 0) is 0 Å². The summed E-state index contributed by atoms with van der Waals surface area (Å²) < 4.78 is 10.7. The van der Waals surface area contributed by atoms with E-state index in [1.807, 2.05) is 36.4 Å². The van der Waals surface area contributed by atoms with Crippen LogP contribution in [0.5, 0.6) is 11.5 Å². The highest BCUT2D eigenvalue weighted by molar-refractivity contribution is 9.09. The topological polar surface area (TPSA) is 35.5 Å². The number of ketones is 1. The highest BCUT2D eigenvalue weighted by atomic mass is 79.9. The van der Waals surface area contributed by atoms with Crippen LogP contribution in [0, 0.1) is 0 Å². The predicted octanol–water partition coefficient (Wildman–Crippen LogP) is 5.15. The van der Waals surface area contributed by atoms with Gasteiger partial charge in [-0.25, -0.2) is 0 Å². The van der Waals surface area contributed by atoms with Crippen molar-refractivity contribution >= 4 is 27.8 Å². The van der Waals surface area contributed by atoms with E-state index in [4.69, 9.17) is 9.47 Å². The quantitative estimate of drug-likeness (QED) is 0.258. The minimum atomic E-state index is -0.0309. The Balaban J connectivity index is 1.90. The number of rotatable bonds is 9. The lowest BCUT2D eigenvalue weighted by molar-refractivity contribution is 0.104. The van der Waals surface area contributed by atoms with Crippen LogP contribution in [0.1, 0.15) is 28.8 Å². The maximum atomic E-state index is 12.2. The number of benzene rings is 2. The first-order chi connectivity index (χ1) is 11.7. The number of methoxy groups -OCH3 is 1. The summed E-state index contributed by atoms with van der Waals surface area (Å²) in [6.07, 6.45) is 5.48. The van der Waals surface area contributed by atoms with Gasteiger partial charge >= 0.3 is 0 Å². The summed E-state index contributed by atoms with van der Waals surface area (Å²) in [4.78, 5) is 12.2. The number of allylic oxidation sites excluding steroid dienone is 1. The molecule has 0 spiro atoms.